The van der Waals surface area contributed by atoms with Gasteiger partial charge in [0.25, 0.3) is 0 Å². The molecular weight excluding hydrogens is 236 g/mol. The van der Waals surface area contributed by atoms with Crippen molar-refractivity contribution < 1.29 is 8.78 Å². The number of halogens is 2. The minimum atomic E-state index is -0.656. The second-order valence-electron chi connectivity index (χ2n) is 5.06. The first kappa shape index (κ1) is 13.1. The molecule has 1 fully saturated rings. The molecular formula is C13H19F2N3. The van der Waals surface area contributed by atoms with Gasteiger partial charge in [0.05, 0.1) is 0 Å². The molecule has 2 rings (SSSR count). The van der Waals surface area contributed by atoms with Crippen LogP contribution in [0.2, 0.25) is 0 Å². The highest BCUT2D eigenvalue weighted by atomic mass is 19.1. The smallest absolute Gasteiger partial charge is 0.168 e. The van der Waals surface area contributed by atoms with Crippen molar-refractivity contribution in [1.82, 2.24) is 4.98 Å². The summed E-state index contributed by atoms with van der Waals surface area (Å²) in [5, 5.41) is 2.65. The van der Waals surface area contributed by atoms with Gasteiger partial charge in [-0.15, -0.1) is 0 Å². The van der Waals surface area contributed by atoms with Crippen LogP contribution in [0.5, 0.6) is 0 Å². The Balaban J connectivity index is 2.36. The van der Waals surface area contributed by atoms with Gasteiger partial charge in [0.15, 0.2) is 23.3 Å². The number of nitrogens with one attached hydrogen (secondary N) is 1. The summed E-state index contributed by atoms with van der Waals surface area (Å²) in [5.41, 5.74) is 0. The van der Waals surface area contributed by atoms with Gasteiger partial charge in [-0.3, -0.25) is 0 Å². The van der Waals surface area contributed by atoms with Crippen molar-refractivity contribution >= 4 is 11.6 Å². The summed E-state index contributed by atoms with van der Waals surface area (Å²) >= 11 is 0. The highest BCUT2D eigenvalue weighted by molar-refractivity contribution is 5.50. The van der Waals surface area contributed by atoms with E-state index in [1.165, 1.54) is 0 Å². The van der Waals surface area contributed by atoms with Crippen molar-refractivity contribution in [2.45, 2.75) is 32.7 Å². The van der Waals surface area contributed by atoms with Crippen LogP contribution in [0.15, 0.2) is 6.07 Å². The maximum Gasteiger partial charge on any atom is 0.168 e. The fourth-order valence-corrected chi connectivity index (χ4v) is 2.42. The lowest BCUT2D eigenvalue weighted by molar-refractivity contribution is 0.383. The predicted octanol–water partition coefficient (Wildman–Crippen LogP) is 3.03. The van der Waals surface area contributed by atoms with E-state index in [1.54, 1.807) is 7.05 Å². The molecule has 0 aliphatic carbocycles. The van der Waals surface area contributed by atoms with Gasteiger partial charge >= 0.3 is 0 Å². The summed E-state index contributed by atoms with van der Waals surface area (Å²) in [5.74, 6) is -0.397. The van der Waals surface area contributed by atoms with E-state index in [-0.39, 0.29) is 17.7 Å². The Bertz CT molecular complexity index is 436. The zero-order chi connectivity index (χ0) is 13.3. The molecule has 2 atom stereocenters. The lowest BCUT2D eigenvalue weighted by atomic mass is 9.95. The number of aromatic nitrogens is 1. The third-order valence-electron chi connectivity index (χ3n) is 3.54. The lowest BCUT2D eigenvalue weighted by Crippen LogP contribution is -2.42. The molecule has 100 valence electrons. The van der Waals surface area contributed by atoms with Crippen LogP contribution in [0.3, 0.4) is 0 Å². The molecule has 1 N–H and O–H groups in total. The van der Waals surface area contributed by atoms with E-state index >= 15 is 0 Å². The third kappa shape index (κ3) is 2.40. The van der Waals surface area contributed by atoms with Gasteiger partial charge in [-0.25, -0.2) is 13.8 Å². The van der Waals surface area contributed by atoms with E-state index < -0.39 is 11.6 Å². The van der Waals surface area contributed by atoms with Crippen LogP contribution in [0.4, 0.5) is 20.4 Å². The second-order valence-corrected chi connectivity index (χ2v) is 5.06. The maximum absolute atomic E-state index is 13.9. The Labute approximate surface area is 106 Å². The number of pyridine rings is 1. The Morgan fingerprint density at radius 1 is 1.28 bits per heavy atom. The van der Waals surface area contributed by atoms with Crippen molar-refractivity contribution in [2.24, 2.45) is 5.92 Å². The number of hydrogen-bond donors (Lipinski definition) is 1. The predicted molar refractivity (Wildman–Crippen MR) is 68.9 cm³/mol. The molecule has 0 bridgehead atoms. The summed E-state index contributed by atoms with van der Waals surface area (Å²) in [6, 6.07) is 1.14. The molecule has 1 aliphatic rings. The average molecular weight is 255 g/mol. The molecule has 1 aromatic heterocycles. The van der Waals surface area contributed by atoms with Gasteiger partial charge in [0, 0.05) is 25.7 Å². The number of piperidine rings is 1. The first-order chi connectivity index (χ1) is 8.52. The van der Waals surface area contributed by atoms with Crippen LogP contribution in [0.1, 0.15) is 26.7 Å². The minimum absolute atomic E-state index is 0.0943. The van der Waals surface area contributed by atoms with Crippen molar-refractivity contribution in [1.29, 1.82) is 0 Å². The lowest BCUT2D eigenvalue weighted by Gasteiger charge is -2.37. The van der Waals surface area contributed by atoms with Gasteiger partial charge in [-0.1, -0.05) is 6.92 Å². The summed E-state index contributed by atoms with van der Waals surface area (Å²) in [4.78, 5) is 6.00. The van der Waals surface area contributed by atoms with E-state index in [1.807, 2.05) is 4.90 Å². The molecule has 18 heavy (non-hydrogen) atoms. The Kier molecular flexibility index (Phi) is 3.68. The van der Waals surface area contributed by atoms with Gasteiger partial charge < -0.3 is 10.2 Å². The van der Waals surface area contributed by atoms with Crippen LogP contribution in [-0.2, 0) is 0 Å². The van der Waals surface area contributed by atoms with Crippen LogP contribution in [0.25, 0.3) is 0 Å². The molecule has 2 heterocycles. The van der Waals surface area contributed by atoms with E-state index in [9.17, 15) is 8.78 Å². The standard InChI is InChI=1S/C13H19F2N3/c1-8-4-5-9(2)18(7-8)13-11(15)6-10(14)12(16-3)17-13/h6,8-9H,4-5,7H2,1-3H3,(H,16,17). The zero-order valence-electron chi connectivity index (χ0n) is 11.0. The number of rotatable bonds is 2. The van der Waals surface area contributed by atoms with Crippen molar-refractivity contribution in [3.05, 3.63) is 17.7 Å². The van der Waals surface area contributed by atoms with Crippen molar-refractivity contribution in [3.63, 3.8) is 0 Å². The zero-order valence-corrected chi connectivity index (χ0v) is 11.0. The average Bonchev–Trinajstić information content (AvgIpc) is 2.33. The summed E-state index contributed by atoms with van der Waals surface area (Å²) in [6.07, 6.45) is 2.15. The van der Waals surface area contributed by atoms with Crippen LogP contribution in [-0.4, -0.2) is 24.6 Å². The van der Waals surface area contributed by atoms with Gasteiger partial charge in [0.1, 0.15) is 0 Å². The summed E-state index contributed by atoms with van der Waals surface area (Å²) < 4.78 is 27.3. The monoisotopic (exact) mass is 255 g/mol. The molecule has 1 aromatic rings. The highest BCUT2D eigenvalue weighted by Crippen LogP contribution is 2.29. The van der Waals surface area contributed by atoms with Gasteiger partial charge in [-0.2, -0.15) is 0 Å². The molecule has 5 heteroatoms. The van der Waals surface area contributed by atoms with Crippen LogP contribution in [0, 0.1) is 17.6 Å². The Hall–Kier alpha value is -1.39. The number of hydrogen-bond acceptors (Lipinski definition) is 3. The summed E-state index contributed by atoms with van der Waals surface area (Å²) in [7, 11) is 1.58. The fourth-order valence-electron chi connectivity index (χ4n) is 2.42. The van der Waals surface area contributed by atoms with Crippen LogP contribution < -0.4 is 10.2 Å². The molecule has 0 spiro atoms. The number of anilines is 2. The maximum atomic E-state index is 13.9. The van der Waals surface area contributed by atoms with E-state index in [0.717, 1.165) is 25.5 Å². The topological polar surface area (TPSA) is 28.2 Å². The van der Waals surface area contributed by atoms with Gasteiger partial charge in [-0.05, 0) is 25.7 Å². The Morgan fingerprint density at radius 2 is 2.00 bits per heavy atom. The van der Waals surface area contributed by atoms with Gasteiger partial charge in [0.2, 0.25) is 0 Å². The molecule has 0 amide bonds. The van der Waals surface area contributed by atoms with E-state index in [2.05, 4.69) is 24.1 Å². The van der Waals surface area contributed by atoms with E-state index in [4.69, 9.17) is 0 Å². The first-order valence-corrected chi connectivity index (χ1v) is 6.33. The Morgan fingerprint density at radius 3 is 2.67 bits per heavy atom. The fraction of sp³-hybridized carbons (Fsp3) is 0.615. The SMILES string of the molecule is CNc1nc(N2CC(C)CCC2C)c(F)cc1F. The van der Waals surface area contributed by atoms with E-state index in [0.29, 0.717) is 5.92 Å². The molecule has 1 aliphatic heterocycles. The molecule has 0 aromatic carbocycles. The molecule has 2 unspecified atom stereocenters. The second kappa shape index (κ2) is 5.08. The number of nitrogens with zero attached hydrogens (tertiary/aromatic N) is 2. The molecule has 0 radical (unpaired) electrons. The largest absolute Gasteiger partial charge is 0.371 e. The van der Waals surface area contributed by atoms with Crippen LogP contribution >= 0.6 is 0 Å². The molecule has 3 nitrogen and oxygen atoms in total. The summed E-state index contributed by atoms with van der Waals surface area (Å²) in [6.45, 7) is 4.95. The highest BCUT2D eigenvalue weighted by Gasteiger charge is 2.27. The van der Waals surface area contributed by atoms with Crippen molar-refractivity contribution in [3.8, 4) is 0 Å². The molecule has 0 saturated carbocycles. The first-order valence-electron chi connectivity index (χ1n) is 6.33. The quantitative estimate of drug-likeness (QED) is 0.880. The minimum Gasteiger partial charge on any atom is -0.371 e. The normalized spacial score (nSPS) is 24.2. The third-order valence-corrected chi connectivity index (χ3v) is 3.54. The molecule has 1 saturated heterocycles. The van der Waals surface area contributed by atoms with Crippen molar-refractivity contribution in [2.75, 3.05) is 23.8 Å².